The second-order valence-corrected chi connectivity index (χ2v) is 10.7. The fourth-order valence-corrected chi connectivity index (χ4v) is 6.19. The summed E-state index contributed by atoms with van der Waals surface area (Å²) in [6, 6.07) is 10.3. The number of benzene rings is 2. The van der Waals surface area contributed by atoms with Gasteiger partial charge in [0.1, 0.15) is 18.1 Å². The third-order valence-electron chi connectivity index (χ3n) is 6.97. The Bertz CT molecular complexity index is 1240. The molecular formula is C30H31BrO5. The van der Waals surface area contributed by atoms with E-state index in [4.69, 9.17) is 14.2 Å². The zero-order valence-corrected chi connectivity index (χ0v) is 22.6. The lowest BCUT2D eigenvalue weighted by Gasteiger charge is -2.36. The van der Waals surface area contributed by atoms with Crippen LogP contribution in [0, 0.1) is 13.8 Å². The topological polar surface area (TPSA) is 61.8 Å². The number of rotatable bonds is 6. The average Bonchev–Trinajstić information content (AvgIpc) is 2.82. The largest absolute Gasteiger partial charge is 0.490 e. The van der Waals surface area contributed by atoms with Crippen molar-refractivity contribution in [1.82, 2.24) is 0 Å². The molecule has 0 bridgehead atoms. The molecule has 36 heavy (non-hydrogen) atoms. The first-order valence-corrected chi connectivity index (χ1v) is 13.5. The maximum Gasteiger partial charge on any atom is 0.175 e. The van der Waals surface area contributed by atoms with E-state index >= 15 is 0 Å². The zero-order valence-electron chi connectivity index (χ0n) is 21.0. The third kappa shape index (κ3) is 4.75. The van der Waals surface area contributed by atoms with Gasteiger partial charge in [-0.05, 0) is 72.8 Å². The molecule has 1 aliphatic heterocycles. The van der Waals surface area contributed by atoms with Gasteiger partial charge >= 0.3 is 0 Å². The Morgan fingerprint density at radius 1 is 0.861 bits per heavy atom. The van der Waals surface area contributed by atoms with Crippen LogP contribution in [0.15, 0.2) is 57.5 Å². The Morgan fingerprint density at radius 3 is 2.06 bits per heavy atom. The van der Waals surface area contributed by atoms with Gasteiger partial charge in [-0.25, -0.2) is 0 Å². The molecule has 0 atom stereocenters. The number of aryl methyl sites for hydroxylation is 2. The minimum Gasteiger partial charge on any atom is -0.490 e. The molecule has 2 aromatic carbocycles. The quantitative estimate of drug-likeness (QED) is 0.381. The Morgan fingerprint density at radius 2 is 1.47 bits per heavy atom. The average molecular weight is 551 g/mol. The Kier molecular flexibility index (Phi) is 7.07. The minimum absolute atomic E-state index is 0.0652. The molecule has 188 valence electrons. The van der Waals surface area contributed by atoms with Gasteiger partial charge < -0.3 is 14.2 Å². The van der Waals surface area contributed by atoms with Crippen molar-refractivity contribution in [2.24, 2.45) is 0 Å². The Balaban J connectivity index is 1.57. The predicted octanol–water partition coefficient (Wildman–Crippen LogP) is 7.17. The van der Waals surface area contributed by atoms with E-state index in [1.54, 1.807) is 0 Å². The number of carbonyl (C=O) groups excluding carboxylic acids is 2. The summed E-state index contributed by atoms with van der Waals surface area (Å²) in [6.45, 7) is 6.94. The molecule has 0 N–H and O–H groups in total. The summed E-state index contributed by atoms with van der Waals surface area (Å²) >= 11 is 3.71. The van der Waals surface area contributed by atoms with Crippen LogP contribution in [0.3, 0.4) is 0 Å². The molecule has 0 fully saturated rings. The maximum atomic E-state index is 13.1. The van der Waals surface area contributed by atoms with Gasteiger partial charge in [0.05, 0.1) is 11.1 Å². The molecule has 0 saturated carbocycles. The fourth-order valence-electron chi connectivity index (χ4n) is 5.62. The molecule has 6 heteroatoms. The van der Waals surface area contributed by atoms with Crippen LogP contribution in [0.2, 0.25) is 0 Å². The van der Waals surface area contributed by atoms with E-state index in [0.717, 1.165) is 52.8 Å². The summed E-state index contributed by atoms with van der Waals surface area (Å²) in [5, 5.41) is 0. The number of Topliss-reactive ketones (excluding diaryl/α,β-unsaturated/α-hetero) is 2. The van der Waals surface area contributed by atoms with Crippen LogP contribution >= 0.6 is 15.9 Å². The Labute approximate surface area is 220 Å². The van der Waals surface area contributed by atoms with Crippen LogP contribution in [0.1, 0.15) is 73.6 Å². The van der Waals surface area contributed by atoms with E-state index in [1.807, 2.05) is 19.1 Å². The van der Waals surface area contributed by atoms with Crippen LogP contribution in [0.5, 0.6) is 11.5 Å². The molecule has 0 radical (unpaired) electrons. The molecule has 0 amide bonds. The smallest absolute Gasteiger partial charge is 0.175 e. The van der Waals surface area contributed by atoms with Crippen LogP contribution in [0.4, 0.5) is 0 Å². The first-order valence-electron chi connectivity index (χ1n) is 12.7. The van der Waals surface area contributed by atoms with Gasteiger partial charge in [0.15, 0.2) is 23.1 Å². The summed E-state index contributed by atoms with van der Waals surface area (Å²) < 4.78 is 19.2. The molecule has 0 saturated heterocycles. The van der Waals surface area contributed by atoms with Gasteiger partial charge in [-0.15, -0.1) is 0 Å². The van der Waals surface area contributed by atoms with E-state index in [9.17, 15) is 9.59 Å². The van der Waals surface area contributed by atoms with Crippen molar-refractivity contribution in [1.29, 1.82) is 0 Å². The molecule has 1 heterocycles. The SMILES string of the molecule is CCOc1cc(C2C3=C(CCCC3=O)OC3=C2C(=O)CCC3)cc(Br)c1OCc1cc(C)cc(C)c1. The second kappa shape index (κ2) is 10.3. The summed E-state index contributed by atoms with van der Waals surface area (Å²) in [5.41, 5.74) is 5.57. The van der Waals surface area contributed by atoms with Gasteiger partial charge in [-0.1, -0.05) is 29.3 Å². The predicted molar refractivity (Wildman–Crippen MR) is 141 cm³/mol. The van der Waals surface area contributed by atoms with Crippen molar-refractivity contribution in [2.75, 3.05) is 6.61 Å². The third-order valence-corrected chi connectivity index (χ3v) is 7.56. The number of hydrogen-bond acceptors (Lipinski definition) is 5. The lowest BCUT2D eigenvalue weighted by molar-refractivity contribution is -0.117. The first-order chi connectivity index (χ1) is 17.4. The van der Waals surface area contributed by atoms with Gasteiger partial charge in [0.2, 0.25) is 0 Å². The molecule has 0 aromatic heterocycles. The molecule has 0 spiro atoms. The number of ether oxygens (including phenoxy) is 3. The van der Waals surface area contributed by atoms with E-state index < -0.39 is 5.92 Å². The van der Waals surface area contributed by atoms with Crippen molar-refractivity contribution in [2.45, 2.75) is 71.8 Å². The van der Waals surface area contributed by atoms with Gasteiger partial charge in [-0.3, -0.25) is 9.59 Å². The molecule has 5 nitrogen and oxygen atoms in total. The van der Waals surface area contributed by atoms with Gasteiger partial charge in [-0.2, -0.15) is 0 Å². The molecule has 2 aromatic rings. The number of hydrogen-bond donors (Lipinski definition) is 0. The highest BCUT2D eigenvalue weighted by atomic mass is 79.9. The van der Waals surface area contributed by atoms with Crippen molar-refractivity contribution in [3.05, 3.63) is 79.7 Å². The molecule has 2 aliphatic carbocycles. The Hall–Kier alpha value is -2.86. The van der Waals surface area contributed by atoms with Gasteiger partial charge in [0.25, 0.3) is 0 Å². The van der Waals surface area contributed by atoms with E-state index in [2.05, 4.69) is 48.0 Å². The lowest BCUT2D eigenvalue weighted by Crippen LogP contribution is -2.30. The van der Waals surface area contributed by atoms with E-state index in [1.165, 1.54) is 11.1 Å². The van der Waals surface area contributed by atoms with E-state index in [-0.39, 0.29) is 11.6 Å². The number of carbonyl (C=O) groups is 2. The normalized spacial score (nSPS) is 18.1. The minimum atomic E-state index is -0.437. The molecular weight excluding hydrogens is 520 g/mol. The lowest BCUT2D eigenvalue weighted by atomic mass is 9.73. The monoisotopic (exact) mass is 550 g/mol. The maximum absolute atomic E-state index is 13.1. The molecule has 3 aliphatic rings. The zero-order chi connectivity index (χ0) is 25.4. The molecule has 0 unspecified atom stereocenters. The summed E-state index contributed by atoms with van der Waals surface area (Å²) in [6.07, 6.45) is 3.95. The summed E-state index contributed by atoms with van der Waals surface area (Å²) in [7, 11) is 0. The van der Waals surface area contributed by atoms with Crippen molar-refractivity contribution >= 4 is 27.5 Å². The van der Waals surface area contributed by atoms with Crippen molar-refractivity contribution in [3.63, 3.8) is 0 Å². The standard InChI is InChI=1S/C30H31BrO5/c1-4-34-26-15-20(14-21(31)30(26)35-16-19-12-17(2)11-18(3)13-19)27-28-22(32)7-5-9-24(28)36-25-10-6-8-23(33)29(25)27/h11-15,27H,4-10,16H2,1-3H3. The fraction of sp³-hybridized carbons (Fsp3) is 0.400. The second-order valence-electron chi connectivity index (χ2n) is 9.81. The van der Waals surface area contributed by atoms with E-state index in [0.29, 0.717) is 48.7 Å². The number of ketones is 2. The van der Waals surface area contributed by atoms with Crippen molar-refractivity contribution in [3.8, 4) is 11.5 Å². The highest BCUT2D eigenvalue weighted by Crippen LogP contribution is 2.50. The highest BCUT2D eigenvalue weighted by molar-refractivity contribution is 9.10. The number of allylic oxidation sites excluding steroid dienone is 4. The van der Waals surface area contributed by atoms with Crippen LogP contribution in [-0.2, 0) is 20.9 Å². The highest BCUT2D eigenvalue weighted by Gasteiger charge is 2.42. The van der Waals surface area contributed by atoms with Crippen molar-refractivity contribution < 1.29 is 23.8 Å². The van der Waals surface area contributed by atoms with Gasteiger partial charge in [0, 0.05) is 42.7 Å². The van der Waals surface area contributed by atoms with Crippen LogP contribution in [-0.4, -0.2) is 18.2 Å². The molecule has 5 rings (SSSR count). The number of halogens is 1. The first kappa shape index (κ1) is 24.8. The van der Waals surface area contributed by atoms with Crippen LogP contribution < -0.4 is 9.47 Å². The summed E-state index contributed by atoms with van der Waals surface area (Å²) in [4.78, 5) is 26.3. The van der Waals surface area contributed by atoms with Crippen LogP contribution in [0.25, 0.3) is 0 Å². The summed E-state index contributed by atoms with van der Waals surface area (Å²) in [5.74, 6) is 2.36.